The fraction of sp³-hybridized carbons (Fsp3) is 0.130. The average molecular weight is 422 g/mol. The molecule has 0 spiro atoms. The molecule has 0 saturated heterocycles. The highest BCUT2D eigenvalue weighted by Crippen LogP contribution is 2.31. The molecule has 0 fully saturated rings. The number of methoxy groups -OCH3 is 1. The molecule has 146 valence electrons. The van der Waals surface area contributed by atoms with E-state index >= 15 is 0 Å². The molecule has 29 heavy (non-hydrogen) atoms. The van der Waals surface area contributed by atoms with E-state index in [-0.39, 0.29) is 0 Å². The van der Waals surface area contributed by atoms with Crippen LogP contribution in [0.3, 0.4) is 0 Å². The zero-order valence-electron chi connectivity index (χ0n) is 16.2. The van der Waals surface area contributed by atoms with Crippen LogP contribution in [-0.2, 0) is 5.75 Å². The van der Waals surface area contributed by atoms with Crippen molar-refractivity contribution < 1.29 is 4.74 Å². The quantitative estimate of drug-likeness (QED) is 0.347. The van der Waals surface area contributed by atoms with Crippen LogP contribution in [0.1, 0.15) is 11.1 Å². The fourth-order valence-corrected chi connectivity index (χ4v) is 4.17. The van der Waals surface area contributed by atoms with E-state index in [1.807, 2.05) is 48.5 Å². The van der Waals surface area contributed by atoms with Crippen molar-refractivity contribution >= 4 is 23.4 Å². The summed E-state index contributed by atoms with van der Waals surface area (Å²) >= 11 is 7.77. The van der Waals surface area contributed by atoms with Gasteiger partial charge in [-0.2, -0.15) is 0 Å². The molecule has 1 heterocycles. The molecule has 0 unspecified atom stereocenters. The molecule has 3 aromatic carbocycles. The van der Waals surface area contributed by atoms with E-state index in [2.05, 4.69) is 46.0 Å². The minimum atomic E-state index is 0.738. The van der Waals surface area contributed by atoms with E-state index in [4.69, 9.17) is 16.3 Å². The van der Waals surface area contributed by atoms with Crippen LogP contribution in [0.15, 0.2) is 78.0 Å². The molecule has 0 aliphatic rings. The molecule has 0 aliphatic heterocycles. The van der Waals surface area contributed by atoms with Gasteiger partial charge in [-0.1, -0.05) is 47.6 Å². The zero-order chi connectivity index (χ0) is 20.2. The second-order valence-corrected chi connectivity index (χ2v) is 8.01. The van der Waals surface area contributed by atoms with Gasteiger partial charge < -0.3 is 4.74 Å². The Morgan fingerprint density at radius 1 is 0.966 bits per heavy atom. The van der Waals surface area contributed by atoms with Crippen LogP contribution >= 0.6 is 23.4 Å². The fourth-order valence-electron chi connectivity index (χ4n) is 3.06. The predicted octanol–water partition coefficient (Wildman–Crippen LogP) is 6.20. The Labute approximate surface area is 179 Å². The maximum Gasteiger partial charge on any atom is 0.196 e. The summed E-state index contributed by atoms with van der Waals surface area (Å²) < 4.78 is 7.38. The van der Waals surface area contributed by atoms with Crippen LogP contribution < -0.4 is 4.74 Å². The predicted molar refractivity (Wildman–Crippen MR) is 119 cm³/mol. The van der Waals surface area contributed by atoms with E-state index < -0.39 is 0 Å². The van der Waals surface area contributed by atoms with Crippen molar-refractivity contribution in [2.24, 2.45) is 0 Å². The third kappa shape index (κ3) is 4.47. The smallest absolute Gasteiger partial charge is 0.196 e. The summed E-state index contributed by atoms with van der Waals surface area (Å²) in [7, 11) is 1.66. The zero-order valence-corrected chi connectivity index (χ0v) is 17.7. The second kappa shape index (κ2) is 8.72. The molecule has 4 rings (SSSR count). The molecule has 4 nitrogen and oxygen atoms in total. The summed E-state index contributed by atoms with van der Waals surface area (Å²) in [6.45, 7) is 2.08. The minimum absolute atomic E-state index is 0.738. The highest BCUT2D eigenvalue weighted by molar-refractivity contribution is 7.98. The Morgan fingerprint density at radius 3 is 2.48 bits per heavy atom. The SMILES string of the molecule is COc1ccc(-c2nnc(SCc3cccc(Cl)c3)n2-c2cccc(C)c2)cc1. The standard InChI is InChI=1S/C23H20ClN3OS/c1-16-5-3-8-20(13-16)27-22(18-9-11-21(28-2)12-10-18)25-26-23(27)29-15-17-6-4-7-19(24)14-17/h3-14H,15H2,1-2H3. The van der Waals surface area contributed by atoms with E-state index in [0.29, 0.717) is 0 Å². The number of nitrogens with zero attached hydrogens (tertiary/aromatic N) is 3. The van der Waals surface area contributed by atoms with Gasteiger partial charge in [0.1, 0.15) is 5.75 Å². The first-order valence-corrected chi connectivity index (χ1v) is 10.5. The van der Waals surface area contributed by atoms with Crippen molar-refractivity contribution in [1.82, 2.24) is 14.8 Å². The maximum absolute atomic E-state index is 6.13. The van der Waals surface area contributed by atoms with Gasteiger partial charge >= 0.3 is 0 Å². The molecule has 0 aliphatic carbocycles. The number of hydrogen-bond acceptors (Lipinski definition) is 4. The molecular formula is C23H20ClN3OS. The number of hydrogen-bond donors (Lipinski definition) is 0. The first-order chi connectivity index (χ1) is 14.1. The van der Waals surface area contributed by atoms with Gasteiger partial charge in [0, 0.05) is 22.0 Å². The molecule has 0 radical (unpaired) electrons. The summed E-state index contributed by atoms with van der Waals surface area (Å²) in [5.41, 5.74) is 4.35. The minimum Gasteiger partial charge on any atom is -0.497 e. The van der Waals surface area contributed by atoms with Gasteiger partial charge in [0.25, 0.3) is 0 Å². The van der Waals surface area contributed by atoms with Crippen LogP contribution in [-0.4, -0.2) is 21.9 Å². The first kappa shape index (κ1) is 19.6. The van der Waals surface area contributed by atoms with Crippen LogP contribution in [0.4, 0.5) is 0 Å². The molecule has 0 amide bonds. The van der Waals surface area contributed by atoms with Gasteiger partial charge in [-0.25, -0.2) is 0 Å². The number of aromatic nitrogens is 3. The van der Waals surface area contributed by atoms with Crippen molar-refractivity contribution in [3.8, 4) is 22.8 Å². The number of halogens is 1. The van der Waals surface area contributed by atoms with E-state index in [1.54, 1.807) is 18.9 Å². The highest BCUT2D eigenvalue weighted by atomic mass is 35.5. The molecule has 0 saturated carbocycles. The number of rotatable bonds is 6. The lowest BCUT2D eigenvalue weighted by molar-refractivity contribution is 0.415. The molecule has 0 atom stereocenters. The van der Waals surface area contributed by atoms with Crippen molar-refractivity contribution in [3.63, 3.8) is 0 Å². The Morgan fingerprint density at radius 2 is 1.76 bits per heavy atom. The Bertz CT molecular complexity index is 1130. The van der Waals surface area contributed by atoms with Gasteiger partial charge in [-0.3, -0.25) is 4.57 Å². The molecule has 0 N–H and O–H groups in total. The van der Waals surface area contributed by atoms with Crippen LogP contribution in [0.2, 0.25) is 5.02 Å². The largest absolute Gasteiger partial charge is 0.497 e. The van der Waals surface area contributed by atoms with Gasteiger partial charge in [-0.05, 0) is 66.6 Å². The van der Waals surface area contributed by atoms with Crippen LogP contribution in [0.25, 0.3) is 17.1 Å². The van der Waals surface area contributed by atoms with Gasteiger partial charge in [0.05, 0.1) is 7.11 Å². The summed E-state index contributed by atoms with van der Waals surface area (Å²) in [5, 5.41) is 10.6. The van der Waals surface area contributed by atoms with E-state index in [0.717, 1.165) is 44.3 Å². The van der Waals surface area contributed by atoms with Crippen molar-refractivity contribution in [3.05, 3.63) is 88.9 Å². The third-order valence-electron chi connectivity index (χ3n) is 4.50. The van der Waals surface area contributed by atoms with E-state index in [9.17, 15) is 0 Å². The van der Waals surface area contributed by atoms with Crippen LogP contribution in [0.5, 0.6) is 5.75 Å². The topological polar surface area (TPSA) is 39.9 Å². The average Bonchev–Trinajstić information content (AvgIpc) is 3.16. The highest BCUT2D eigenvalue weighted by Gasteiger charge is 2.16. The summed E-state index contributed by atoms with van der Waals surface area (Å²) in [6, 6.07) is 24.1. The number of thioether (sulfide) groups is 1. The Hall–Kier alpha value is -2.76. The lowest BCUT2D eigenvalue weighted by Crippen LogP contribution is -2.00. The summed E-state index contributed by atoms with van der Waals surface area (Å²) in [5.74, 6) is 2.37. The molecule has 6 heteroatoms. The molecule has 1 aromatic heterocycles. The Balaban J connectivity index is 1.73. The molecule has 4 aromatic rings. The normalized spacial score (nSPS) is 10.9. The monoisotopic (exact) mass is 421 g/mol. The lowest BCUT2D eigenvalue weighted by Gasteiger charge is -2.11. The van der Waals surface area contributed by atoms with Gasteiger partial charge in [-0.15, -0.1) is 10.2 Å². The van der Waals surface area contributed by atoms with E-state index in [1.165, 1.54) is 5.56 Å². The number of aryl methyl sites for hydroxylation is 1. The number of benzene rings is 3. The first-order valence-electron chi connectivity index (χ1n) is 9.18. The summed E-state index contributed by atoms with van der Waals surface area (Å²) in [4.78, 5) is 0. The number of ether oxygens (including phenoxy) is 1. The van der Waals surface area contributed by atoms with Crippen molar-refractivity contribution in [2.45, 2.75) is 17.8 Å². The second-order valence-electron chi connectivity index (χ2n) is 6.63. The van der Waals surface area contributed by atoms with Gasteiger partial charge in [0.15, 0.2) is 11.0 Å². The Kier molecular flexibility index (Phi) is 5.88. The van der Waals surface area contributed by atoms with Gasteiger partial charge in [0.2, 0.25) is 0 Å². The van der Waals surface area contributed by atoms with Crippen LogP contribution in [0, 0.1) is 6.92 Å². The van der Waals surface area contributed by atoms with Crippen molar-refractivity contribution in [2.75, 3.05) is 7.11 Å². The maximum atomic E-state index is 6.13. The third-order valence-corrected chi connectivity index (χ3v) is 5.73. The van der Waals surface area contributed by atoms with Crippen molar-refractivity contribution in [1.29, 1.82) is 0 Å². The molecular weight excluding hydrogens is 402 g/mol. The molecule has 0 bridgehead atoms. The lowest BCUT2D eigenvalue weighted by atomic mass is 10.2. The summed E-state index contributed by atoms with van der Waals surface area (Å²) in [6.07, 6.45) is 0.